The number of carbonyl (C=O) groups excluding carboxylic acids is 1. The lowest BCUT2D eigenvalue weighted by Gasteiger charge is -2.18. The summed E-state index contributed by atoms with van der Waals surface area (Å²) < 4.78 is 5.64. The summed E-state index contributed by atoms with van der Waals surface area (Å²) in [5, 5.41) is 9.00. The molecule has 1 amide bonds. The second kappa shape index (κ2) is 9.67. The maximum absolute atomic E-state index is 12.6. The number of amides is 1. The molecule has 0 saturated carbocycles. The number of hydrogen-bond acceptors (Lipinski definition) is 3. The van der Waals surface area contributed by atoms with Crippen molar-refractivity contribution in [3.05, 3.63) is 59.7 Å². The quantitative estimate of drug-likeness (QED) is 0.769. The van der Waals surface area contributed by atoms with Crippen molar-refractivity contribution >= 4 is 5.91 Å². The van der Waals surface area contributed by atoms with E-state index in [0.717, 1.165) is 61.1 Å². The molecule has 1 fully saturated rings. The third-order valence-electron chi connectivity index (χ3n) is 5.21. The van der Waals surface area contributed by atoms with Gasteiger partial charge in [0.25, 0.3) is 5.91 Å². The van der Waals surface area contributed by atoms with Gasteiger partial charge in [0.2, 0.25) is 0 Å². The molecule has 0 aromatic heterocycles. The van der Waals surface area contributed by atoms with Gasteiger partial charge in [-0.2, -0.15) is 0 Å². The molecule has 0 bridgehead atoms. The van der Waals surface area contributed by atoms with E-state index in [9.17, 15) is 4.79 Å². The lowest BCUT2D eigenvalue weighted by molar-refractivity contribution is 0.0763. The van der Waals surface area contributed by atoms with Gasteiger partial charge >= 0.3 is 0 Å². The summed E-state index contributed by atoms with van der Waals surface area (Å²) in [7, 11) is 1.87. The molecule has 1 N–H and O–H groups in total. The van der Waals surface area contributed by atoms with Crippen molar-refractivity contribution in [2.24, 2.45) is 0 Å². The fraction of sp³-hybridized carbons (Fsp3) is 0.435. The molecule has 0 radical (unpaired) electrons. The van der Waals surface area contributed by atoms with Gasteiger partial charge in [-0.3, -0.25) is 4.79 Å². The summed E-state index contributed by atoms with van der Waals surface area (Å²) in [6.45, 7) is 1.81. The van der Waals surface area contributed by atoms with Crippen LogP contribution in [0.1, 0.15) is 41.6 Å². The van der Waals surface area contributed by atoms with Crippen molar-refractivity contribution in [2.75, 3.05) is 26.8 Å². The van der Waals surface area contributed by atoms with Crippen LogP contribution >= 0.6 is 0 Å². The Labute approximate surface area is 161 Å². The maximum Gasteiger partial charge on any atom is 0.253 e. The molecule has 0 aliphatic carbocycles. The van der Waals surface area contributed by atoms with Gasteiger partial charge in [-0.15, -0.1) is 0 Å². The van der Waals surface area contributed by atoms with Crippen LogP contribution in [0.3, 0.4) is 0 Å². The Bertz CT molecular complexity index is 718. The van der Waals surface area contributed by atoms with Crippen molar-refractivity contribution in [3.8, 4) is 11.1 Å². The van der Waals surface area contributed by atoms with Gasteiger partial charge < -0.3 is 14.7 Å². The van der Waals surface area contributed by atoms with Crippen LogP contribution in [0, 0.1) is 0 Å². The normalized spacial score (nSPS) is 16.4. The monoisotopic (exact) mass is 367 g/mol. The summed E-state index contributed by atoms with van der Waals surface area (Å²) >= 11 is 0. The number of rotatable bonds is 8. The molecule has 1 heterocycles. The Hall–Kier alpha value is -2.17. The Kier molecular flexibility index (Phi) is 7.02. The number of ether oxygens (including phenoxy) is 1. The highest BCUT2D eigenvalue weighted by Gasteiger charge is 2.16. The molecule has 0 unspecified atom stereocenters. The summed E-state index contributed by atoms with van der Waals surface area (Å²) in [6.07, 6.45) is 5.38. The molecular formula is C23H29NO3. The highest BCUT2D eigenvalue weighted by atomic mass is 16.5. The van der Waals surface area contributed by atoms with Gasteiger partial charge in [-0.05, 0) is 60.9 Å². The van der Waals surface area contributed by atoms with E-state index in [4.69, 9.17) is 9.84 Å². The molecule has 3 rings (SSSR count). The van der Waals surface area contributed by atoms with Crippen LogP contribution in [0.4, 0.5) is 0 Å². The van der Waals surface area contributed by atoms with Gasteiger partial charge in [-0.1, -0.05) is 36.4 Å². The molecule has 1 aliphatic rings. The van der Waals surface area contributed by atoms with Crippen LogP contribution in [0.15, 0.2) is 48.5 Å². The van der Waals surface area contributed by atoms with Gasteiger partial charge in [0.05, 0.1) is 6.10 Å². The molecule has 27 heavy (non-hydrogen) atoms. The molecule has 4 nitrogen and oxygen atoms in total. The predicted octanol–water partition coefficient (Wildman–Crippen LogP) is 3.92. The fourth-order valence-electron chi connectivity index (χ4n) is 3.55. The maximum atomic E-state index is 12.6. The second-order valence-corrected chi connectivity index (χ2v) is 7.25. The zero-order valence-electron chi connectivity index (χ0n) is 16.1. The van der Waals surface area contributed by atoms with E-state index in [-0.39, 0.29) is 12.5 Å². The minimum absolute atomic E-state index is 0.0622. The Morgan fingerprint density at radius 1 is 1.11 bits per heavy atom. The molecule has 0 spiro atoms. The van der Waals surface area contributed by atoms with Crippen LogP contribution in [0.25, 0.3) is 11.1 Å². The summed E-state index contributed by atoms with van der Waals surface area (Å²) in [4.78, 5) is 14.4. The van der Waals surface area contributed by atoms with E-state index in [0.29, 0.717) is 12.5 Å². The third kappa shape index (κ3) is 5.41. The molecule has 1 saturated heterocycles. The summed E-state index contributed by atoms with van der Waals surface area (Å²) in [5.74, 6) is 0.0622. The van der Waals surface area contributed by atoms with Gasteiger partial charge in [0.1, 0.15) is 0 Å². The van der Waals surface area contributed by atoms with Crippen molar-refractivity contribution in [1.29, 1.82) is 0 Å². The van der Waals surface area contributed by atoms with Crippen LogP contribution in [0.2, 0.25) is 0 Å². The topological polar surface area (TPSA) is 49.8 Å². The number of hydrogen-bond donors (Lipinski definition) is 1. The largest absolute Gasteiger partial charge is 0.396 e. The van der Waals surface area contributed by atoms with E-state index in [1.807, 2.05) is 43.4 Å². The highest BCUT2D eigenvalue weighted by molar-refractivity contribution is 5.94. The van der Waals surface area contributed by atoms with Crippen molar-refractivity contribution in [1.82, 2.24) is 4.90 Å². The molecule has 1 aliphatic heterocycles. The van der Waals surface area contributed by atoms with Crippen LogP contribution in [0.5, 0.6) is 0 Å². The lowest BCUT2D eigenvalue weighted by atomic mass is 10.0. The highest BCUT2D eigenvalue weighted by Crippen LogP contribution is 2.21. The van der Waals surface area contributed by atoms with E-state index < -0.39 is 0 Å². The van der Waals surface area contributed by atoms with Gasteiger partial charge in [-0.25, -0.2) is 0 Å². The van der Waals surface area contributed by atoms with Gasteiger partial charge in [0.15, 0.2) is 0 Å². The standard InChI is InChI=1S/C23H29NO3/c1-24(15-2-4-22-5-3-17-27-22)23(26)21-12-10-20(11-13-21)19-8-6-18(7-9-19)14-16-25/h6-13,22,25H,2-5,14-17H2,1H3/t22-/m1/s1. The average Bonchev–Trinajstić information content (AvgIpc) is 3.22. The smallest absolute Gasteiger partial charge is 0.253 e. The zero-order chi connectivity index (χ0) is 19.1. The molecule has 1 atom stereocenters. The van der Waals surface area contributed by atoms with Gasteiger partial charge in [0, 0.05) is 32.4 Å². The first-order chi connectivity index (χ1) is 13.2. The number of aliphatic hydroxyl groups excluding tert-OH is 1. The van der Waals surface area contributed by atoms with Crippen LogP contribution < -0.4 is 0 Å². The molecule has 2 aromatic carbocycles. The average molecular weight is 367 g/mol. The minimum atomic E-state index is 0.0622. The number of aliphatic hydroxyl groups is 1. The Morgan fingerprint density at radius 2 is 1.78 bits per heavy atom. The zero-order valence-corrected chi connectivity index (χ0v) is 16.1. The Balaban J connectivity index is 1.54. The summed E-state index contributed by atoms with van der Waals surface area (Å²) in [6, 6.07) is 16.0. The number of benzene rings is 2. The van der Waals surface area contributed by atoms with E-state index >= 15 is 0 Å². The lowest BCUT2D eigenvalue weighted by Crippen LogP contribution is -2.28. The van der Waals surface area contributed by atoms with Crippen molar-refractivity contribution in [2.45, 2.75) is 38.2 Å². The van der Waals surface area contributed by atoms with Crippen molar-refractivity contribution < 1.29 is 14.6 Å². The minimum Gasteiger partial charge on any atom is -0.396 e. The first-order valence-electron chi connectivity index (χ1n) is 9.84. The van der Waals surface area contributed by atoms with E-state index in [1.165, 1.54) is 0 Å². The van der Waals surface area contributed by atoms with E-state index in [1.54, 1.807) is 4.90 Å². The Morgan fingerprint density at radius 3 is 2.37 bits per heavy atom. The van der Waals surface area contributed by atoms with Crippen molar-refractivity contribution in [3.63, 3.8) is 0 Å². The third-order valence-corrected chi connectivity index (χ3v) is 5.21. The second-order valence-electron chi connectivity index (χ2n) is 7.25. The SMILES string of the molecule is CN(CCC[C@@H]1CCCO1)C(=O)c1ccc(-c2ccc(CCO)cc2)cc1. The number of nitrogens with zero attached hydrogens (tertiary/aromatic N) is 1. The molecular weight excluding hydrogens is 338 g/mol. The summed E-state index contributed by atoms with van der Waals surface area (Å²) in [5.41, 5.74) is 4.04. The van der Waals surface area contributed by atoms with E-state index in [2.05, 4.69) is 12.1 Å². The van der Waals surface area contributed by atoms with Crippen LogP contribution in [-0.4, -0.2) is 48.8 Å². The number of carbonyl (C=O) groups is 1. The molecule has 4 heteroatoms. The molecule has 2 aromatic rings. The first kappa shape index (κ1) is 19.6. The fourth-order valence-corrected chi connectivity index (χ4v) is 3.55. The van der Waals surface area contributed by atoms with Crippen LogP contribution in [-0.2, 0) is 11.2 Å². The molecule has 144 valence electrons. The first-order valence-corrected chi connectivity index (χ1v) is 9.84. The predicted molar refractivity (Wildman–Crippen MR) is 108 cm³/mol.